The molecule has 0 unspecified atom stereocenters. The molecule has 1 nitrogen and oxygen atoms in total. The normalized spacial score (nSPS) is 9.18. The Bertz CT molecular complexity index is 118. The maximum Gasteiger partial charge on any atom is 0 e. The smallest absolute Gasteiger partial charge is 0 e. The van der Waals surface area contributed by atoms with Crippen LogP contribution in [0.4, 0.5) is 0 Å². The minimum atomic E-state index is 0. The van der Waals surface area contributed by atoms with Crippen LogP contribution < -0.4 is 5.11 Å². The Morgan fingerprint density at radius 2 is 1.35 bits per heavy atom. The Kier molecular flexibility index (Phi) is 45.4. The van der Waals surface area contributed by atoms with Crippen LogP contribution in [0.2, 0.25) is 0 Å². The summed E-state index contributed by atoms with van der Waals surface area (Å²) < 4.78 is 0. The van der Waals surface area contributed by atoms with Crippen LogP contribution in [-0.2, 0) is 0 Å². The van der Waals surface area contributed by atoms with E-state index in [2.05, 4.69) is 20.8 Å². The summed E-state index contributed by atoms with van der Waals surface area (Å²) in [6.45, 7) is 13.8. The molecule has 0 aromatic carbocycles. The summed E-state index contributed by atoms with van der Waals surface area (Å²) in [5, 5.41) is 10.5. The van der Waals surface area contributed by atoms with Gasteiger partial charge in [0, 0.05) is 19.8 Å². The van der Waals surface area contributed by atoms with Crippen molar-refractivity contribution in [2.45, 2.75) is 72.6 Å². The first-order valence-corrected chi connectivity index (χ1v) is 6.52. The molecule has 0 aromatic heterocycles. The molecule has 0 bridgehead atoms. The van der Waals surface area contributed by atoms with Gasteiger partial charge in [-0.1, -0.05) is 79.7 Å². The molecule has 5 radical (unpaired) electrons. The fourth-order valence-corrected chi connectivity index (χ4v) is 1.23. The van der Waals surface area contributed by atoms with E-state index in [0.717, 1.165) is 6.42 Å². The van der Waals surface area contributed by atoms with E-state index in [-0.39, 0.29) is 25.5 Å². The molecule has 0 saturated carbocycles. The van der Waals surface area contributed by atoms with E-state index >= 15 is 0 Å². The molecule has 0 aromatic rings. The molecule has 0 amide bonds. The van der Waals surface area contributed by atoms with Crippen molar-refractivity contribution in [2.24, 2.45) is 0 Å². The number of hydrogen-bond donors (Lipinski definition) is 0. The van der Waals surface area contributed by atoms with Gasteiger partial charge in [0.05, 0.1) is 0 Å². The molecule has 0 aliphatic heterocycles. The summed E-state index contributed by atoms with van der Waals surface area (Å²) in [5.74, 6) is 0.212. The average Bonchev–Trinajstić information content (AvgIpc) is 2.33. The predicted molar refractivity (Wildman–Crippen MR) is 79.6 cm³/mol. The van der Waals surface area contributed by atoms with Crippen molar-refractivity contribution in [3.63, 3.8) is 0 Å². The van der Waals surface area contributed by atoms with Crippen molar-refractivity contribution >= 4 is 19.8 Å². The van der Waals surface area contributed by atoms with Gasteiger partial charge in [-0.05, 0) is 12.8 Å². The second-order valence-corrected chi connectivity index (χ2v) is 3.37. The number of allylic oxidation sites excluding steroid dienone is 2. The molecule has 0 fully saturated rings. The summed E-state index contributed by atoms with van der Waals surface area (Å²) in [5.41, 5.74) is 0. The molecule has 0 N–H and O–H groups in total. The van der Waals surface area contributed by atoms with E-state index in [0.29, 0.717) is 0 Å². The fourth-order valence-electron chi connectivity index (χ4n) is 1.23. The molecule has 0 aliphatic carbocycles. The van der Waals surface area contributed by atoms with Gasteiger partial charge in [-0.25, -0.2) is 0 Å². The van der Waals surface area contributed by atoms with E-state index in [4.69, 9.17) is 0 Å². The minimum Gasteiger partial charge on any atom is -0.876 e. The second kappa shape index (κ2) is 29.8. The van der Waals surface area contributed by atoms with Crippen LogP contribution in [0.5, 0.6) is 0 Å². The van der Waals surface area contributed by atoms with Crippen molar-refractivity contribution in [1.82, 2.24) is 0 Å². The van der Waals surface area contributed by atoms with Crippen LogP contribution in [0.15, 0.2) is 11.8 Å². The zero-order valence-corrected chi connectivity index (χ0v) is 14.8. The molecule has 2 heteroatoms. The van der Waals surface area contributed by atoms with Gasteiger partial charge in [0.2, 0.25) is 0 Å². The third-order valence-corrected chi connectivity index (χ3v) is 1.99. The molecule has 101 valence electrons. The minimum absolute atomic E-state index is 0. The molecule has 0 saturated heterocycles. The number of hydrogen-bond acceptors (Lipinski definition) is 1. The predicted octanol–water partition coefficient (Wildman–Crippen LogP) is 4.30. The average molecular weight is 297 g/mol. The van der Waals surface area contributed by atoms with Crippen molar-refractivity contribution in [3.8, 4) is 0 Å². The van der Waals surface area contributed by atoms with Gasteiger partial charge in [0.1, 0.15) is 0 Å². The molecular weight excluding hydrogens is 266 g/mol. The van der Waals surface area contributed by atoms with E-state index in [1.165, 1.54) is 38.5 Å². The maximum atomic E-state index is 10.5. The monoisotopic (exact) mass is 296 g/mol. The standard InChI is InChI=1S/C11H22O.2C2H5.Ga/c1-3-4-5-6-7-8-9-10-11(2)12;2*1-2;/h10,12H,3-9H2,1-2H3;2*1H2,2H3;/p-1/b11-10+;;;. The summed E-state index contributed by atoms with van der Waals surface area (Å²) >= 11 is 0. The largest absolute Gasteiger partial charge is 0.876 e. The van der Waals surface area contributed by atoms with Crippen molar-refractivity contribution < 1.29 is 5.11 Å². The van der Waals surface area contributed by atoms with Gasteiger partial charge >= 0.3 is 0 Å². The molecule has 0 heterocycles. The Labute approximate surface area is 123 Å². The summed E-state index contributed by atoms with van der Waals surface area (Å²) in [6.07, 6.45) is 10.6. The zero-order valence-electron chi connectivity index (χ0n) is 12.4. The zero-order chi connectivity index (χ0) is 13.2. The van der Waals surface area contributed by atoms with Crippen molar-refractivity contribution in [1.29, 1.82) is 0 Å². The van der Waals surface area contributed by atoms with Crippen LogP contribution in [0.25, 0.3) is 0 Å². The maximum absolute atomic E-state index is 10.5. The van der Waals surface area contributed by atoms with Gasteiger partial charge < -0.3 is 5.11 Å². The summed E-state index contributed by atoms with van der Waals surface area (Å²) in [4.78, 5) is 0. The van der Waals surface area contributed by atoms with Gasteiger partial charge in [-0.2, -0.15) is 0 Å². The van der Waals surface area contributed by atoms with E-state index < -0.39 is 0 Å². The van der Waals surface area contributed by atoms with E-state index in [1.54, 1.807) is 26.8 Å². The van der Waals surface area contributed by atoms with E-state index in [9.17, 15) is 5.11 Å². The van der Waals surface area contributed by atoms with Crippen molar-refractivity contribution in [2.75, 3.05) is 0 Å². The molecule has 0 rings (SSSR count). The molecule has 17 heavy (non-hydrogen) atoms. The molecule has 0 atom stereocenters. The first kappa shape index (κ1) is 25.9. The molecule has 0 spiro atoms. The Morgan fingerprint density at radius 1 is 0.941 bits per heavy atom. The first-order valence-electron chi connectivity index (χ1n) is 6.52. The Balaban J connectivity index is -0.000000152. The number of unbranched alkanes of at least 4 members (excludes halogenated alkanes) is 6. The van der Waals surface area contributed by atoms with Crippen LogP contribution in [0.3, 0.4) is 0 Å². The van der Waals surface area contributed by atoms with Gasteiger partial charge in [0.25, 0.3) is 0 Å². The number of rotatable bonds is 7. The topological polar surface area (TPSA) is 23.1 Å². The Morgan fingerprint density at radius 3 is 1.76 bits per heavy atom. The van der Waals surface area contributed by atoms with Crippen LogP contribution >= 0.6 is 0 Å². The quantitative estimate of drug-likeness (QED) is 0.390. The van der Waals surface area contributed by atoms with E-state index in [1.807, 2.05) is 0 Å². The van der Waals surface area contributed by atoms with Gasteiger partial charge in [-0.3, -0.25) is 0 Å². The third-order valence-electron chi connectivity index (χ3n) is 1.99. The molecule has 0 aliphatic rings. The second-order valence-electron chi connectivity index (χ2n) is 3.37. The van der Waals surface area contributed by atoms with Crippen LogP contribution in [-0.4, -0.2) is 19.8 Å². The molecular formula is C15H31GaO-. The van der Waals surface area contributed by atoms with Crippen LogP contribution in [0.1, 0.15) is 72.6 Å². The first-order chi connectivity index (χ1) is 7.77. The SMILES string of the molecule is CCCCCCCC/C=C(\C)[O-].[CH2]C.[CH2]C.[Ga]. The van der Waals surface area contributed by atoms with Gasteiger partial charge in [0.15, 0.2) is 0 Å². The Hall–Kier alpha value is 0.176. The summed E-state index contributed by atoms with van der Waals surface area (Å²) in [7, 11) is 0. The van der Waals surface area contributed by atoms with Crippen LogP contribution in [0, 0.1) is 13.8 Å². The van der Waals surface area contributed by atoms with Crippen molar-refractivity contribution in [3.05, 3.63) is 25.7 Å². The third kappa shape index (κ3) is 38.6. The summed E-state index contributed by atoms with van der Waals surface area (Å²) in [6, 6.07) is 0. The fraction of sp³-hybridized carbons (Fsp3) is 0.733. The van der Waals surface area contributed by atoms with Gasteiger partial charge in [-0.15, -0.1) is 5.76 Å².